The SMILES string of the molecule is CCCN(C(=O)CNC(=O)CCc1ccc(C)cc1)C1CCNCC1.Cl. The van der Waals surface area contributed by atoms with E-state index in [1.54, 1.807) is 0 Å². The molecule has 6 heteroatoms. The van der Waals surface area contributed by atoms with E-state index in [-0.39, 0.29) is 30.8 Å². The van der Waals surface area contributed by atoms with Gasteiger partial charge in [-0.2, -0.15) is 0 Å². The van der Waals surface area contributed by atoms with E-state index in [4.69, 9.17) is 0 Å². The van der Waals surface area contributed by atoms with Crippen molar-refractivity contribution in [2.45, 2.75) is 52.0 Å². The zero-order valence-corrected chi connectivity index (χ0v) is 16.7. The van der Waals surface area contributed by atoms with E-state index in [0.717, 1.165) is 44.5 Å². The van der Waals surface area contributed by atoms with E-state index in [9.17, 15) is 9.59 Å². The summed E-state index contributed by atoms with van der Waals surface area (Å²) in [6, 6.07) is 8.51. The number of amides is 2. The highest BCUT2D eigenvalue weighted by Crippen LogP contribution is 2.12. The molecule has 1 aromatic carbocycles. The van der Waals surface area contributed by atoms with Gasteiger partial charge in [0.1, 0.15) is 0 Å². The van der Waals surface area contributed by atoms with Crippen LogP contribution in [0.4, 0.5) is 0 Å². The first-order valence-corrected chi connectivity index (χ1v) is 9.42. The molecule has 0 spiro atoms. The van der Waals surface area contributed by atoms with Crippen molar-refractivity contribution in [2.24, 2.45) is 0 Å². The second-order valence-electron chi connectivity index (χ2n) is 6.83. The van der Waals surface area contributed by atoms with Gasteiger partial charge in [-0.25, -0.2) is 0 Å². The van der Waals surface area contributed by atoms with Gasteiger partial charge in [0, 0.05) is 19.0 Å². The second kappa shape index (κ2) is 11.9. The van der Waals surface area contributed by atoms with Gasteiger partial charge >= 0.3 is 0 Å². The Morgan fingerprint density at radius 3 is 2.46 bits per heavy atom. The molecule has 0 aliphatic carbocycles. The molecule has 0 bridgehead atoms. The van der Waals surface area contributed by atoms with Crippen molar-refractivity contribution in [2.75, 3.05) is 26.2 Å². The van der Waals surface area contributed by atoms with E-state index in [2.05, 4.69) is 29.7 Å². The van der Waals surface area contributed by atoms with E-state index in [0.29, 0.717) is 18.9 Å². The van der Waals surface area contributed by atoms with Gasteiger partial charge in [-0.1, -0.05) is 36.8 Å². The van der Waals surface area contributed by atoms with Crippen molar-refractivity contribution in [1.29, 1.82) is 0 Å². The zero-order chi connectivity index (χ0) is 18.1. The van der Waals surface area contributed by atoms with Crippen molar-refractivity contribution in [3.8, 4) is 0 Å². The normalized spacial score (nSPS) is 14.4. The number of piperidine rings is 1. The first-order valence-electron chi connectivity index (χ1n) is 9.42. The topological polar surface area (TPSA) is 61.4 Å². The van der Waals surface area contributed by atoms with Gasteiger partial charge in [0.25, 0.3) is 0 Å². The van der Waals surface area contributed by atoms with Crippen molar-refractivity contribution in [3.05, 3.63) is 35.4 Å². The molecule has 2 rings (SSSR count). The quantitative estimate of drug-likeness (QED) is 0.727. The Balaban J connectivity index is 0.00000338. The van der Waals surface area contributed by atoms with Crippen LogP contribution in [-0.2, 0) is 16.0 Å². The van der Waals surface area contributed by atoms with Crippen molar-refractivity contribution < 1.29 is 9.59 Å². The highest BCUT2D eigenvalue weighted by molar-refractivity contribution is 5.85. The van der Waals surface area contributed by atoms with Crippen LogP contribution in [0.2, 0.25) is 0 Å². The Morgan fingerprint density at radius 2 is 1.85 bits per heavy atom. The Kier molecular flexibility index (Phi) is 10.3. The molecule has 1 aliphatic heterocycles. The number of carbonyl (C=O) groups is 2. The minimum atomic E-state index is -0.0596. The minimum absolute atomic E-state index is 0. The van der Waals surface area contributed by atoms with Gasteiger partial charge in [-0.15, -0.1) is 12.4 Å². The first-order chi connectivity index (χ1) is 12.1. The van der Waals surface area contributed by atoms with Gasteiger partial charge in [-0.05, 0) is 51.3 Å². The van der Waals surface area contributed by atoms with Crippen LogP contribution in [0.3, 0.4) is 0 Å². The van der Waals surface area contributed by atoms with E-state index in [1.165, 1.54) is 5.56 Å². The van der Waals surface area contributed by atoms with Gasteiger partial charge in [-0.3, -0.25) is 9.59 Å². The number of halogens is 1. The molecule has 1 aliphatic rings. The molecule has 2 amide bonds. The number of nitrogens with zero attached hydrogens (tertiary/aromatic N) is 1. The van der Waals surface area contributed by atoms with Gasteiger partial charge in [0.15, 0.2) is 0 Å². The van der Waals surface area contributed by atoms with Crippen LogP contribution in [-0.4, -0.2) is 48.9 Å². The fraction of sp³-hybridized carbons (Fsp3) is 0.600. The van der Waals surface area contributed by atoms with Crippen LogP contribution in [0.5, 0.6) is 0 Å². The largest absolute Gasteiger partial charge is 0.347 e. The van der Waals surface area contributed by atoms with Gasteiger partial charge < -0.3 is 15.5 Å². The minimum Gasteiger partial charge on any atom is -0.347 e. The number of rotatable bonds is 8. The zero-order valence-electron chi connectivity index (χ0n) is 15.9. The maximum atomic E-state index is 12.5. The number of nitrogens with one attached hydrogen (secondary N) is 2. The molecule has 5 nitrogen and oxygen atoms in total. The number of aryl methyl sites for hydroxylation is 2. The van der Waals surface area contributed by atoms with Crippen molar-refractivity contribution in [3.63, 3.8) is 0 Å². The number of hydrogen-bond donors (Lipinski definition) is 2. The highest BCUT2D eigenvalue weighted by Gasteiger charge is 2.24. The molecule has 0 radical (unpaired) electrons. The summed E-state index contributed by atoms with van der Waals surface area (Å²) >= 11 is 0. The lowest BCUT2D eigenvalue weighted by Crippen LogP contribution is -2.49. The van der Waals surface area contributed by atoms with E-state index < -0.39 is 0 Å². The summed E-state index contributed by atoms with van der Waals surface area (Å²) in [7, 11) is 0. The van der Waals surface area contributed by atoms with Crippen LogP contribution in [0.25, 0.3) is 0 Å². The second-order valence-corrected chi connectivity index (χ2v) is 6.83. The summed E-state index contributed by atoms with van der Waals surface area (Å²) in [5.41, 5.74) is 2.36. The third kappa shape index (κ3) is 7.34. The third-order valence-corrected chi connectivity index (χ3v) is 4.73. The highest BCUT2D eigenvalue weighted by atomic mass is 35.5. The molecular weight excluding hydrogens is 350 g/mol. The summed E-state index contributed by atoms with van der Waals surface area (Å²) < 4.78 is 0. The Hall–Kier alpha value is -1.59. The lowest BCUT2D eigenvalue weighted by molar-refractivity contribution is -0.135. The summed E-state index contributed by atoms with van der Waals surface area (Å²) in [4.78, 5) is 26.6. The van der Waals surface area contributed by atoms with E-state index >= 15 is 0 Å². The van der Waals surface area contributed by atoms with Crippen molar-refractivity contribution in [1.82, 2.24) is 15.5 Å². The van der Waals surface area contributed by atoms with E-state index in [1.807, 2.05) is 24.0 Å². The maximum Gasteiger partial charge on any atom is 0.242 e. The molecule has 1 aromatic rings. The molecule has 1 heterocycles. The summed E-state index contributed by atoms with van der Waals surface area (Å²) in [5, 5.41) is 6.13. The average molecular weight is 382 g/mol. The smallest absolute Gasteiger partial charge is 0.242 e. The molecule has 0 saturated carbocycles. The summed E-state index contributed by atoms with van der Waals surface area (Å²) in [6.45, 7) is 6.93. The number of hydrogen-bond acceptors (Lipinski definition) is 3. The first kappa shape index (κ1) is 22.5. The molecule has 1 saturated heterocycles. The van der Waals surface area contributed by atoms with Crippen molar-refractivity contribution >= 4 is 24.2 Å². The molecule has 0 atom stereocenters. The average Bonchev–Trinajstić information content (AvgIpc) is 2.64. The van der Waals surface area contributed by atoms with Gasteiger partial charge in [0.05, 0.1) is 6.54 Å². The fourth-order valence-electron chi connectivity index (χ4n) is 3.25. The Bertz CT molecular complexity index is 557. The van der Waals surface area contributed by atoms with Crippen LogP contribution in [0.1, 0.15) is 43.7 Å². The predicted octanol–water partition coefficient (Wildman–Crippen LogP) is 2.46. The maximum absolute atomic E-state index is 12.5. The van der Waals surface area contributed by atoms with Gasteiger partial charge in [0.2, 0.25) is 11.8 Å². The molecule has 0 aromatic heterocycles. The molecule has 1 fully saturated rings. The monoisotopic (exact) mass is 381 g/mol. The lowest BCUT2D eigenvalue weighted by atomic mass is 10.0. The third-order valence-electron chi connectivity index (χ3n) is 4.73. The molecule has 26 heavy (non-hydrogen) atoms. The Labute approximate surface area is 163 Å². The fourth-order valence-corrected chi connectivity index (χ4v) is 3.25. The van der Waals surface area contributed by atoms with Crippen LogP contribution >= 0.6 is 12.4 Å². The summed E-state index contributed by atoms with van der Waals surface area (Å²) in [5.74, 6) is -0.0203. The number of carbonyl (C=O) groups excluding carboxylic acids is 2. The Morgan fingerprint density at radius 1 is 1.19 bits per heavy atom. The van der Waals surface area contributed by atoms with Crippen LogP contribution < -0.4 is 10.6 Å². The molecular formula is C20H32ClN3O2. The molecule has 0 unspecified atom stereocenters. The summed E-state index contributed by atoms with van der Waals surface area (Å²) in [6.07, 6.45) is 4.04. The number of benzene rings is 1. The van der Waals surface area contributed by atoms with Crippen LogP contribution in [0.15, 0.2) is 24.3 Å². The predicted molar refractivity (Wildman–Crippen MR) is 108 cm³/mol. The van der Waals surface area contributed by atoms with Crippen LogP contribution in [0, 0.1) is 6.92 Å². The lowest BCUT2D eigenvalue weighted by Gasteiger charge is -2.34. The standard InChI is InChI=1S/C20H31N3O2.ClH/c1-3-14-23(18-10-12-21-13-11-18)20(25)15-22-19(24)9-8-17-6-4-16(2)5-7-17;/h4-7,18,21H,3,8-15H2,1-2H3,(H,22,24);1H. The molecule has 2 N–H and O–H groups in total. The molecule has 146 valence electrons.